The summed E-state index contributed by atoms with van der Waals surface area (Å²) in [7, 11) is 0. The fourth-order valence-electron chi connectivity index (χ4n) is 3.23. The lowest BCUT2D eigenvalue weighted by Crippen LogP contribution is -2.34. The molecule has 4 nitrogen and oxygen atoms in total. The molecule has 5 heteroatoms. The van der Waals surface area contributed by atoms with Gasteiger partial charge in [-0.15, -0.1) is 0 Å². The Labute approximate surface area is 121 Å². The van der Waals surface area contributed by atoms with Crippen molar-refractivity contribution in [2.75, 3.05) is 4.90 Å². The van der Waals surface area contributed by atoms with E-state index in [9.17, 15) is 9.59 Å². The molecule has 2 amide bonds. The van der Waals surface area contributed by atoms with Crippen molar-refractivity contribution >= 4 is 29.1 Å². The van der Waals surface area contributed by atoms with Gasteiger partial charge in [-0.3, -0.25) is 9.59 Å². The Morgan fingerprint density at radius 1 is 1.25 bits per heavy atom. The Kier molecular flexibility index (Phi) is 3.02. The van der Waals surface area contributed by atoms with Gasteiger partial charge in [0.05, 0.1) is 27.8 Å². The van der Waals surface area contributed by atoms with Gasteiger partial charge in [0.25, 0.3) is 0 Å². The fourth-order valence-corrected chi connectivity index (χ4v) is 3.44. The maximum Gasteiger partial charge on any atom is 0.240 e. The van der Waals surface area contributed by atoms with E-state index in [0.717, 1.165) is 25.7 Å². The van der Waals surface area contributed by atoms with Crippen LogP contribution in [0.15, 0.2) is 18.2 Å². The first-order chi connectivity index (χ1) is 9.57. The van der Waals surface area contributed by atoms with Gasteiger partial charge in [-0.25, -0.2) is 4.90 Å². The average Bonchev–Trinajstić information content (AvgIpc) is 2.99. The number of halogens is 1. The molecule has 1 aliphatic heterocycles. The summed E-state index contributed by atoms with van der Waals surface area (Å²) in [4.78, 5) is 26.1. The van der Waals surface area contributed by atoms with Gasteiger partial charge in [-0.05, 0) is 31.0 Å². The Morgan fingerprint density at radius 3 is 2.60 bits per heavy atom. The number of anilines is 1. The Hall–Kier alpha value is -1.86. The minimum atomic E-state index is -0.525. The highest BCUT2D eigenvalue weighted by Gasteiger charge is 2.53. The predicted octanol–water partition coefficient (Wildman–Crippen LogP) is 3.04. The first-order valence-electron chi connectivity index (χ1n) is 6.64. The number of amides is 2. The van der Waals surface area contributed by atoms with E-state index in [1.807, 2.05) is 6.07 Å². The number of rotatable bonds is 1. The molecular weight excluding hydrogens is 276 g/mol. The van der Waals surface area contributed by atoms with E-state index in [4.69, 9.17) is 16.9 Å². The van der Waals surface area contributed by atoms with Crippen LogP contribution in [0.1, 0.15) is 37.7 Å². The minimum absolute atomic E-state index is 0.156. The van der Waals surface area contributed by atoms with Gasteiger partial charge >= 0.3 is 0 Å². The SMILES string of the molecule is N#Cc1ccc(Cl)c(N2C(=O)CC3(CCCC3)C2=O)c1. The Bertz CT molecular complexity index is 642. The molecule has 1 spiro atoms. The monoisotopic (exact) mass is 288 g/mol. The van der Waals surface area contributed by atoms with Crippen molar-refractivity contribution in [1.82, 2.24) is 0 Å². The van der Waals surface area contributed by atoms with Crippen LogP contribution in [0.25, 0.3) is 0 Å². The van der Waals surface area contributed by atoms with Crippen molar-refractivity contribution in [1.29, 1.82) is 5.26 Å². The molecule has 0 aromatic heterocycles. The summed E-state index contributed by atoms with van der Waals surface area (Å²) in [5.41, 5.74) is 0.199. The van der Waals surface area contributed by atoms with Gasteiger partial charge in [0, 0.05) is 6.42 Å². The first-order valence-corrected chi connectivity index (χ1v) is 7.02. The number of carbonyl (C=O) groups is 2. The normalized spacial score (nSPS) is 20.7. The second-order valence-electron chi connectivity index (χ2n) is 5.48. The van der Waals surface area contributed by atoms with Crippen LogP contribution in [0.3, 0.4) is 0 Å². The molecule has 1 heterocycles. The average molecular weight is 289 g/mol. The van der Waals surface area contributed by atoms with Crippen molar-refractivity contribution in [2.24, 2.45) is 5.41 Å². The highest BCUT2D eigenvalue weighted by molar-refractivity contribution is 6.36. The van der Waals surface area contributed by atoms with E-state index >= 15 is 0 Å². The number of carbonyl (C=O) groups excluding carboxylic acids is 2. The van der Waals surface area contributed by atoms with Crippen molar-refractivity contribution < 1.29 is 9.59 Å². The zero-order valence-electron chi connectivity index (χ0n) is 10.9. The smallest absolute Gasteiger partial charge is 0.240 e. The lowest BCUT2D eigenvalue weighted by Gasteiger charge is -2.21. The molecule has 1 aromatic carbocycles. The largest absolute Gasteiger partial charge is 0.274 e. The van der Waals surface area contributed by atoms with Crippen LogP contribution in [-0.4, -0.2) is 11.8 Å². The van der Waals surface area contributed by atoms with Crippen LogP contribution in [0.2, 0.25) is 5.02 Å². The third kappa shape index (κ3) is 1.82. The number of hydrogen-bond donors (Lipinski definition) is 0. The molecule has 2 aliphatic rings. The van der Waals surface area contributed by atoms with E-state index in [0.29, 0.717) is 16.3 Å². The number of hydrogen-bond acceptors (Lipinski definition) is 3. The molecule has 0 radical (unpaired) electrons. The van der Waals surface area contributed by atoms with Gasteiger partial charge in [0.1, 0.15) is 0 Å². The molecule has 1 aliphatic carbocycles. The maximum absolute atomic E-state index is 12.7. The number of benzene rings is 1. The van der Waals surface area contributed by atoms with Crippen molar-refractivity contribution in [3.05, 3.63) is 28.8 Å². The van der Waals surface area contributed by atoms with Crippen LogP contribution in [0.5, 0.6) is 0 Å². The third-order valence-corrected chi connectivity index (χ3v) is 4.59. The van der Waals surface area contributed by atoms with Crippen LogP contribution in [0.4, 0.5) is 5.69 Å². The zero-order chi connectivity index (χ0) is 14.3. The minimum Gasteiger partial charge on any atom is -0.274 e. The van der Waals surface area contributed by atoms with Crippen molar-refractivity contribution in [2.45, 2.75) is 32.1 Å². The third-order valence-electron chi connectivity index (χ3n) is 4.27. The molecular formula is C15H13ClN2O2. The molecule has 20 heavy (non-hydrogen) atoms. The number of imide groups is 1. The Morgan fingerprint density at radius 2 is 1.95 bits per heavy atom. The van der Waals surface area contributed by atoms with Crippen LogP contribution in [0, 0.1) is 16.7 Å². The second-order valence-corrected chi connectivity index (χ2v) is 5.88. The summed E-state index contributed by atoms with van der Waals surface area (Å²) in [6, 6.07) is 6.63. The topological polar surface area (TPSA) is 61.2 Å². The summed E-state index contributed by atoms with van der Waals surface area (Å²) in [5, 5.41) is 9.27. The quantitative estimate of drug-likeness (QED) is 0.746. The molecule has 1 saturated carbocycles. The van der Waals surface area contributed by atoms with E-state index in [2.05, 4.69) is 0 Å². The summed E-state index contributed by atoms with van der Waals surface area (Å²) < 4.78 is 0. The van der Waals surface area contributed by atoms with Crippen molar-refractivity contribution in [3.8, 4) is 6.07 Å². The highest BCUT2D eigenvalue weighted by Crippen LogP contribution is 2.48. The molecule has 0 bridgehead atoms. The summed E-state index contributed by atoms with van der Waals surface area (Å²) in [5.74, 6) is -0.370. The Balaban J connectivity index is 2.05. The first kappa shape index (κ1) is 13.1. The molecule has 1 saturated heterocycles. The number of nitriles is 1. The summed E-state index contributed by atoms with van der Waals surface area (Å²) in [6.45, 7) is 0. The predicted molar refractivity (Wildman–Crippen MR) is 74.2 cm³/mol. The number of nitrogens with zero attached hydrogens (tertiary/aromatic N) is 2. The second kappa shape index (κ2) is 4.60. The zero-order valence-corrected chi connectivity index (χ0v) is 11.6. The lowest BCUT2D eigenvalue weighted by molar-refractivity contribution is -0.125. The van der Waals surface area contributed by atoms with E-state index < -0.39 is 5.41 Å². The molecule has 0 N–H and O–H groups in total. The summed E-state index contributed by atoms with van der Waals surface area (Å²) >= 11 is 6.10. The van der Waals surface area contributed by atoms with E-state index in [1.165, 1.54) is 11.0 Å². The van der Waals surface area contributed by atoms with E-state index in [-0.39, 0.29) is 18.2 Å². The summed E-state index contributed by atoms with van der Waals surface area (Å²) in [6.07, 6.45) is 3.77. The standard InChI is InChI=1S/C15H13ClN2O2/c16-11-4-3-10(9-17)7-12(11)18-13(19)8-15(14(18)20)5-1-2-6-15/h3-4,7H,1-2,5-6,8H2. The fraction of sp³-hybridized carbons (Fsp3) is 0.400. The van der Waals surface area contributed by atoms with Crippen LogP contribution in [-0.2, 0) is 9.59 Å². The van der Waals surface area contributed by atoms with Gasteiger partial charge in [0.2, 0.25) is 11.8 Å². The van der Waals surface area contributed by atoms with Gasteiger partial charge in [-0.2, -0.15) is 5.26 Å². The maximum atomic E-state index is 12.7. The van der Waals surface area contributed by atoms with Gasteiger partial charge in [0.15, 0.2) is 0 Å². The van der Waals surface area contributed by atoms with Gasteiger partial charge in [-0.1, -0.05) is 24.4 Å². The van der Waals surface area contributed by atoms with Crippen LogP contribution >= 0.6 is 11.6 Å². The van der Waals surface area contributed by atoms with Gasteiger partial charge < -0.3 is 0 Å². The van der Waals surface area contributed by atoms with Crippen molar-refractivity contribution in [3.63, 3.8) is 0 Å². The molecule has 0 atom stereocenters. The molecule has 3 rings (SSSR count). The lowest BCUT2D eigenvalue weighted by atomic mass is 9.84. The molecule has 102 valence electrons. The molecule has 1 aromatic rings. The highest BCUT2D eigenvalue weighted by atomic mass is 35.5. The van der Waals surface area contributed by atoms with Crippen LogP contribution < -0.4 is 4.90 Å². The molecule has 0 unspecified atom stereocenters. The molecule has 2 fully saturated rings. The van der Waals surface area contributed by atoms with E-state index in [1.54, 1.807) is 12.1 Å².